The lowest BCUT2D eigenvalue weighted by Crippen LogP contribution is -2.54. The van der Waals surface area contributed by atoms with Crippen LogP contribution in [-0.2, 0) is 38.9 Å². The lowest BCUT2D eigenvalue weighted by Gasteiger charge is -2.39. The Morgan fingerprint density at radius 1 is 0.861 bits per heavy atom. The van der Waals surface area contributed by atoms with Crippen LogP contribution in [0.3, 0.4) is 0 Å². The Bertz CT molecular complexity index is 1150. The summed E-state index contributed by atoms with van der Waals surface area (Å²) >= 11 is 0. The number of methoxy groups -OCH3 is 3. The number of Topliss-reactive ketones (excluding diaryl/α,β-unsaturated/α-hetero) is 1. The number of carbonyl (C=O) groups is 5. The number of carbonyl (C=O) groups excluding carboxylic acids is 5. The summed E-state index contributed by atoms with van der Waals surface area (Å²) in [5.74, 6) is -3.09. The van der Waals surface area contributed by atoms with E-state index in [4.69, 9.17) is 14.2 Å². The molecule has 9 nitrogen and oxygen atoms in total. The lowest BCUT2D eigenvalue weighted by atomic mass is 9.88. The Labute approximate surface area is 209 Å². The van der Waals surface area contributed by atoms with Crippen molar-refractivity contribution >= 4 is 35.7 Å². The van der Waals surface area contributed by atoms with E-state index in [1.165, 1.54) is 53.4 Å². The lowest BCUT2D eigenvalue weighted by molar-refractivity contribution is -0.162. The normalized spacial score (nSPS) is 12.6. The smallest absolute Gasteiger partial charge is 0.337 e. The first-order valence-corrected chi connectivity index (χ1v) is 11.0. The average Bonchev–Trinajstić information content (AvgIpc) is 2.89. The minimum absolute atomic E-state index is 0.0336. The van der Waals surface area contributed by atoms with Gasteiger partial charge in [-0.3, -0.25) is 9.59 Å². The highest BCUT2D eigenvalue weighted by Crippen LogP contribution is 2.32. The van der Waals surface area contributed by atoms with Crippen LogP contribution in [0.25, 0.3) is 6.08 Å². The molecule has 9 heteroatoms. The zero-order valence-corrected chi connectivity index (χ0v) is 20.9. The third kappa shape index (κ3) is 6.44. The Morgan fingerprint density at radius 3 is 1.97 bits per heavy atom. The molecule has 0 N–H and O–H groups in total. The Balaban J connectivity index is 2.64. The molecule has 2 aromatic rings. The predicted octanol–water partition coefficient (Wildman–Crippen LogP) is 2.93. The molecule has 1 atom stereocenters. The van der Waals surface area contributed by atoms with Gasteiger partial charge in [0.15, 0.2) is 5.54 Å². The van der Waals surface area contributed by atoms with Gasteiger partial charge in [-0.2, -0.15) is 0 Å². The largest absolute Gasteiger partial charge is 0.467 e. The molecule has 0 spiro atoms. The number of amides is 1. The van der Waals surface area contributed by atoms with Gasteiger partial charge in [0.25, 0.3) is 0 Å². The third-order valence-electron chi connectivity index (χ3n) is 5.61. The van der Waals surface area contributed by atoms with Crippen molar-refractivity contribution in [2.75, 3.05) is 27.9 Å². The SMILES string of the molecule is COC(=O)/C(=C/c1ccc(C(=O)OC)cc1)CN(C(=O)CC(C)=O)C(C)(C(=O)OC)c1ccccc1. The standard InChI is InChI=1S/C27H29NO8/c1-18(29)15-23(30)28(27(2,26(33)36-5)22-9-7-6-8-10-22)17-21(25(32)35-4)16-19-11-13-20(14-12-19)24(31)34-3/h6-14,16H,15,17H2,1-5H3/b21-16+. The van der Waals surface area contributed by atoms with E-state index in [1.54, 1.807) is 42.5 Å². The first-order valence-electron chi connectivity index (χ1n) is 11.0. The number of ether oxygens (including phenoxy) is 3. The molecule has 0 saturated heterocycles. The summed E-state index contributed by atoms with van der Waals surface area (Å²) in [6, 6.07) is 14.7. The van der Waals surface area contributed by atoms with E-state index in [0.29, 0.717) is 16.7 Å². The van der Waals surface area contributed by atoms with Crippen LogP contribution < -0.4 is 0 Å². The second kappa shape index (κ2) is 12.4. The van der Waals surface area contributed by atoms with Gasteiger partial charge in [0, 0.05) is 0 Å². The minimum atomic E-state index is -1.66. The number of nitrogens with zero attached hydrogens (tertiary/aromatic N) is 1. The second-order valence-electron chi connectivity index (χ2n) is 8.06. The van der Waals surface area contributed by atoms with Gasteiger partial charge in [-0.25, -0.2) is 14.4 Å². The van der Waals surface area contributed by atoms with Gasteiger partial charge in [0.2, 0.25) is 5.91 Å². The summed E-state index contributed by atoms with van der Waals surface area (Å²) in [7, 11) is 3.65. The Morgan fingerprint density at radius 2 is 1.47 bits per heavy atom. The quantitative estimate of drug-likeness (QED) is 0.214. The average molecular weight is 496 g/mol. The maximum Gasteiger partial charge on any atom is 0.337 e. The summed E-state index contributed by atoms with van der Waals surface area (Å²) in [5.41, 5.74) is -0.354. The van der Waals surface area contributed by atoms with Crippen LogP contribution in [0.15, 0.2) is 60.2 Å². The highest BCUT2D eigenvalue weighted by atomic mass is 16.5. The molecule has 0 aromatic heterocycles. The number of ketones is 1. The van der Waals surface area contributed by atoms with Gasteiger partial charge in [0.05, 0.1) is 45.4 Å². The van der Waals surface area contributed by atoms with E-state index in [9.17, 15) is 24.0 Å². The van der Waals surface area contributed by atoms with Crippen LogP contribution in [-0.4, -0.2) is 62.4 Å². The van der Waals surface area contributed by atoms with Crippen LogP contribution in [0.4, 0.5) is 0 Å². The summed E-state index contributed by atoms with van der Waals surface area (Å²) in [6.07, 6.45) is 0.991. The van der Waals surface area contributed by atoms with Crippen LogP contribution in [0, 0.1) is 0 Å². The highest BCUT2D eigenvalue weighted by molar-refractivity contribution is 6.01. The molecule has 0 bridgehead atoms. The fourth-order valence-corrected chi connectivity index (χ4v) is 3.65. The van der Waals surface area contributed by atoms with E-state index in [2.05, 4.69) is 0 Å². The summed E-state index contributed by atoms with van der Waals surface area (Å²) in [5, 5.41) is 0. The number of benzene rings is 2. The van der Waals surface area contributed by atoms with Gasteiger partial charge in [0.1, 0.15) is 5.78 Å². The Kier molecular flexibility index (Phi) is 9.66. The highest BCUT2D eigenvalue weighted by Gasteiger charge is 2.45. The fourth-order valence-electron chi connectivity index (χ4n) is 3.65. The third-order valence-corrected chi connectivity index (χ3v) is 5.61. The van der Waals surface area contributed by atoms with Gasteiger partial charge >= 0.3 is 17.9 Å². The van der Waals surface area contributed by atoms with Crippen molar-refractivity contribution in [2.45, 2.75) is 25.8 Å². The number of hydrogen-bond donors (Lipinski definition) is 0. The van der Waals surface area contributed by atoms with Crippen LogP contribution in [0.2, 0.25) is 0 Å². The molecule has 0 radical (unpaired) electrons. The molecule has 0 heterocycles. The minimum Gasteiger partial charge on any atom is -0.467 e. The van der Waals surface area contributed by atoms with Gasteiger partial charge in [-0.05, 0) is 43.2 Å². The van der Waals surface area contributed by atoms with Gasteiger partial charge < -0.3 is 19.1 Å². The molecule has 2 rings (SSSR count). The van der Waals surface area contributed by atoms with Crippen molar-refractivity contribution in [1.29, 1.82) is 0 Å². The van der Waals surface area contributed by atoms with Crippen molar-refractivity contribution in [1.82, 2.24) is 4.90 Å². The van der Waals surface area contributed by atoms with E-state index < -0.39 is 41.6 Å². The summed E-state index contributed by atoms with van der Waals surface area (Å²) in [6.45, 7) is 2.39. The van der Waals surface area contributed by atoms with Gasteiger partial charge in [-0.1, -0.05) is 42.5 Å². The molecular formula is C27H29NO8. The molecule has 1 unspecified atom stereocenters. The number of rotatable bonds is 10. The molecule has 0 aliphatic carbocycles. The molecular weight excluding hydrogens is 466 g/mol. The van der Waals surface area contributed by atoms with Crippen LogP contribution in [0.1, 0.15) is 41.8 Å². The fraction of sp³-hybridized carbons (Fsp3) is 0.296. The molecule has 0 fully saturated rings. The zero-order chi connectivity index (χ0) is 26.9. The maximum atomic E-state index is 13.3. The molecule has 0 aliphatic heterocycles. The number of hydrogen-bond acceptors (Lipinski definition) is 8. The van der Waals surface area contributed by atoms with E-state index in [0.717, 1.165) is 4.90 Å². The first-order chi connectivity index (χ1) is 17.1. The molecule has 0 saturated carbocycles. The predicted molar refractivity (Wildman–Crippen MR) is 131 cm³/mol. The molecule has 0 aliphatic rings. The zero-order valence-electron chi connectivity index (χ0n) is 20.9. The van der Waals surface area contributed by atoms with Crippen molar-refractivity contribution < 1.29 is 38.2 Å². The monoisotopic (exact) mass is 495 g/mol. The van der Waals surface area contributed by atoms with E-state index >= 15 is 0 Å². The van der Waals surface area contributed by atoms with Crippen LogP contribution >= 0.6 is 0 Å². The number of esters is 3. The van der Waals surface area contributed by atoms with E-state index in [-0.39, 0.29) is 12.1 Å². The summed E-state index contributed by atoms with van der Waals surface area (Å²) in [4.78, 5) is 63.8. The second-order valence-corrected chi connectivity index (χ2v) is 8.06. The molecule has 1 amide bonds. The topological polar surface area (TPSA) is 116 Å². The Hall–Kier alpha value is -4.27. The van der Waals surface area contributed by atoms with Crippen LogP contribution in [0.5, 0.6) is 0 Å². The maximum absolute atomic E-state index is 13.3. The molecule has 2 aromatic carbocycles. The molecule has 190 valence electrons. The van der Waals surface area contributed by atoms with E-state index in [1.807, 2.05) is 0 Å². The van der Waals surface area contributed by atoms with Gasteiger partial charge in [-0.15, -0.1) is 0 Å². The first kappa shape index (κ1) is 28.0. The summed E-state index contributed by atoms with van der Waals surface area (Å²) < 4.78 is 14.7. The molecule has 36 heavy (non-hydrogen) atoms. The van der Waals surface area contributed by atoms with Crippen molar-refractivity contribution in [2.24, 2.45) is 0 Å². The van der Waals surface area contributed by atoms with Crippen molar-refractivity contribution in [3.8, 4) is 0 Å². The van der Waals surface area contributed by atoms with Crippen molar-refractivity contribution in [3.05, 3.63) is 76.9 Å². The van der Waals surface area contributed by atoms with Crippen molar-refractivity contribution in [3.63, 3.8) is 0 Å².